The van der Waals surface area contributed by atoms with Gasteiger partial charge in [0.2, 0.25) is 0 Å². The Morgan fingerprint density at radius 3 is 2.80 bits per heavy atom. The third kappa shape index (κ3) is 1.29. The van der Waals surface area contributed by atoms with Crippen LogP contribution in [0.1, 0.15) is 19.0 Å². The SMILES string of the molecule is CCCn1c(C)csc1=N. The molecule has 0 atom stereocenters. The lowest BCUT2D eigenvalue weighted by Crippen LogP contribution is -2.13. The maximum atomic E-state index is 7.48. The first-order chi connectivity index (χ1) is 4.75. The molecule has 0 aromatic carbocycles. The van der Waals surface area contributed by atoms with Crippen LogP contribution in [-0.2, 0) is 6.54 Å². The van der Waals surface area contributed by atoms with Gasteiger partial charge < -0.3 is 4.57 Å². The fraction of sp³-hybridized carbons (Fsp3) is 0.571. The van der Waals surface area contributed by atoms with Gasteiger partial charge in [0.25, 0.3) is 0 Å². The van der Waals surface area contributed by atoms with Crippen LogP contribution in [0, 0.1) is 12.3 Å². The molecule has 1 heterocycles. The minimum absolute atomic E-state index is 0.666. The number of hydrogen-bond donors (Lipinski definition) is 1. The molecule has 10 heavy (non-hydrogen) atoms. The molecule has 3 heteroatoms. The van der Waals surface area contributed by atoms with Crippen LogP contribution >= 0.6 is 11.3 Å². The second-order valence-electron chi connectivity index (χ2n) is 2.33. The van der Waals surface area contributed by atoms with Gasteiger partial charge in [-0.3, -0.25) is 5.41 Å². The van der Waals surface area contributed by atoms with E-state index in [4.69, 9.17) is 5.41 Å². The summed E-state index contributed by atoms with van der Waals surface area (Å²) >= 11 is 1.50. The second-order valence-corrected chi connectivity index (χ2v) is 3.19. The Labute approximate surface area is 64.6 Å². The van der Waals surface area contributed by atoms with Crippen LogP contribution in [0.3, 0.4) is 0 Å². The zero-order valence-electron chi connectivity index (χ0n) is 6.35. The van der Waals surface area contributed by atoms with Crippen LogP contribution in [0.4, 0.5) is 0 Å². The van der Waals surface area contributed by atoms with Gasteiger partial charge in [-0.15, -0.1) is 11.3 Å². The van der Waals surface area contributed by atoms with Crippen molar-refractivity contribution >= 4 is 11.3 Å². The maximum Gasteiger partial charge on any atom is 0.182 e. The molecule has 1 aromatic rings. The van der Waals surface area contributed by atoms with Crippen molar-refractivity contribution in [2.75, 3.05) is 0 Å². The normalized spacial score (nSPS) is 10.2. The lowest BCUT2D eigenvalue weighted by Gasteiger charge is -2.00. The van der Waals surface area contributed by atoms with Gasteiger partial charge in [-0.1, -0.05) is 6.92 Å². The second kappa shape index (κ2) is 3.01. The molecule has 0 aliphatic rings. The van der Waals surface area contributed by atoms with E-state index < -0.39 is 0 Å². The highest BCUT2D eigenvalue weighted by Crippen LogP contribution is 1.99. The van der Waals surface area contributed by atoms with Crippen LogP contribution in [0.25, 0.3) is 0 Å². The molecule has 0 aliphatic heterocycles. The summed E-state index contributed by atoms with van der Waals surface area (Å²) in [6.45, 7) is 5.15. The van der Waals surface area contributed by atoms with Crippen molar-refractivity contribution in [2.45, 2.75) is 26.8 Å². The fourth-order valence-electron chi connectivity index (χ4n) is 0.930. The van der Waals surface area contributed by atoms with E-state index in [1.165, 1.54) is 17.0 Å². The van der Waals surface area contributed by atoms with Gasteiger partial charge in [-0.05, 0) is 13.3 Å². The van der Waals surface area contributed by atoms with E-state index >= 15 is 0 Å². The lowest BCUT2D eigenvalue weighted by molar-refractivity contribution is 0.638. The fourth-order valence-corrected chi connectivity index (χ4v) is 1.70. The summed E-state index contributed by atoms with van der Waals surface area (Å²) < 4.78 is 2.03. The molecule has 2 nitrogen and oxygen atoms in total. The molecule has 0 fully saturated rings. The summed E-state index contributed by atoms with van der Waals surface area (Å²) in [6, 6.07) is 0. The van der Waals surface area contributed by atoms with E-state index in [1.807, 2.05) is 16.9 Å². The van der Waals surface area contributed by atoms with Crippen molar-refractivity contribution < 1.29 is 0 Å². The minimum Gasteiger partial charge on any atom is -0.322 e. The molecular formula is C7H12N2S. The number of aromatic nitrogens is 1. The van der Waals surface area contributed by atoms with E-state index in [0.29, 0.717) is 4.80 Å². The zero-order valence-corrected chi connectivity index (χ0v) is 7.16. The Morgan fingerprint density at radius 2 is 2.40 bits per heavy atom. The molecule has 0 radical (unpaired) electrons. The monoisotopic (exact) mass is 156 g/mol. The third-order valence-electron chi connectivity index (χ3n) is 1.46. The Bertz CT molecular complexity index is 259. The van der Waals surface area contributed by atoms with Gasteiger partial charge in [0.05, 0.1) is 0 Å². The van der Waals surface area contributed by atoms with Crippen LogP contribution in [0.15, 0.2) is 5.38 Å². The molecule has 0 saturated carbocycles. The summed E-state index contributed by atoms with van der Waals surface area (Å²) in [5.41, 5.74) is 1.21. The smallest absolute Gasteiger partial charge is 0.182 e. The van der Waals surface area contributed by atoms with Crippen molar-refractivity contribution in [3.63, 3.8) is 0 Å². The Balaban J connectivity index is 2.99. The first-order valence-corrected chi connectivity index (χ1v) is 4.33. The predicted molar refractivity (Wildman–Crippen MR) is 43.2 cm³/mol. The minimum atomic E-state index is 0.666. The number of thiazole rings is 1. The van der Waals surface area contributed by atoms with Crippen molar-refractivity contribution in [1.29, 1.82) is 5.41 Å². The summed E-state index contributed by atoms with van der Waals surface area (Å²) in [7, 11) is 0. The maximum absolute atomic E-state index is 7.48. The molecule has 0 unspecified atom stereocenters. The molecule has 56 valence electrons. The van der Waals surface area contributed by atoms with E-state index in [-0.39, 0.29) is 0 Å². The van der Waals surface area contributed by atoms with Crippen molar-refractivity contribution in [1.82, 2.24) is 4.57 Å². The summed E-state index contributed by atoms with van der Waals surface area (Å²) in [5.74, 6) is 0. The third-order valence-corrected chi connectivity index (χ3v) is 2.36. The Morgan fingerprint density at radius 1 is 1.70 bits per heavy atom. The van der Waals surface area contributed by atoms with E-state index in [2.05, 4.69) is 6.92 Å². The van der Waals surface area contributed by atoms with E-state index in [9.17, 15) is 0 Å². The predicted octanol–water partition coefficient (Wildman–Crippen LogP) is 1.75. The molecule has 0 amide bonds. The van der Waals surface area contributed by atoms with Gasteiger partial charge in [0.15, 0.2) is 4.80 Å². The summed E-state index contributed by atoms with van der Waals surface area (Å²) in [5, 5.41) is 9.50. The number of nitrogens with zero attached hydrogens (tertiary/aromatic N) is 1. The number of rotatable bonds is 2. The quantitative estimate of drug-likeness (QED) is 0.676. The van der Waals surface area contributed by atoms with Gasteiger partial charge in [0.1, 0.15) is 0 Å². The zero-order chi connectivity index (χ0) is 7.56. The average Bonchev–Trinajstić information content (AvgIpc) is 2.20. The highest BCUT2D eigenvalue weighted by atomic mass is 32.1. The first-order valence-electron chi connectivity index (χ1n) is 3.45. The van der Waals surface area contributed by atoms with Gasteiger partial charge >= 0.3 is 0 Å². The average molecular weight is 156 g/mol. The highest BCUT2D eigenvalue weighted by molar-refractivity contribution is 7.07. The molecule has 1 aromatic heterocycles. The largest absolute Gasteiger partial charge is 0.322 e. The van der Waals surface area contributed by atoms with E-state index in [1.54, 1.807) is 0 Å². The van der Waals surface area contributed by atoms with Gasteiger partial charge in [-0.25, -0.2) is 0 Å². The van der Waals surface area contributed by atoms with Gasteiger partial charge in [-0.2, -0.15) is 0 Å². The Hall–Kier alpha value is -0.570. The van der Waals surface area contributed by atoms with Crippen molar-refractivity contribution in [3.05, 3.63) is 15.9 Å². The molecule has 1 N–H and O–H groups in total. The van der Waals surface area contributed by atoms with Crippen LogP contribution in [0.5, 0.6) is 0 Å². The molecule has 0 bridgehead atoms. The first kappa shape index (κ1) is 7.54. The standard InChI is InChI=1S/C7H12N2S/c1-3-4-9-6(2)5-10-7(9)8/h5,8H,3-4H2,1-2H3. The summed E-state index contributed by atoms with van der Waals surface area (Å²) in [4.78, 5) is 0.666. The lowest BCUT2D eigenvalue weighted by atomic mass is 10.4. The van der Waals surface area contributed by atoms with Gasteiger partial charge in [0, 0.05) is 17.6 Å². The van der Waals surface area contributed by atoms with Crippen LogP contribution in [-0.4, -0.2) is 4.57 Å². The highest BCUT2D eigenvalue weighted by Gasteiger charge is 1.95. The molecule has 1 rings (SSSR count). The molecular weight excluding hydrogens is 144 g/mol. The number of aryl methyl sites for hydroxylation is 1. The van der Waals surface area contributed by atoms with Crippen molar-refractivity contribution in [2.24, 2.45) is 0 Å². The number of hydrogen-bond acceptors (Lipinski definition) is 2. The molecule has 0 spiro atoms. The molecule has 0 aliphatic carbocycles. The Kier molecular flexibility index (Phi) is 2.27. The topological polar surface area (TPSA) is 28.8 Å². The number of nitrogens with one attached hydrogen (secondary N) is 1. The van der Waals surface area contributed by atoms with E-state index in [0.717, 1.165) is 13.0 Å². The van der Waals surface area contributed by atoms with Crippen LogP contribution in [0.2, 0.25) is 0 Å². The van der Waals surface area contributed by atoms with Crippen LogP contribution < -0.4 is 4.80 Å². The molecule has 0 saturated heterocycles. The summed E-state index contributed by atoms with van der Waals surface area (Å²) in [6.07, 6.45) is 1.11. The van der Waals surface area contributed by atoms with Crippen molar-refractivity contribution in [3.8, 4) is 0 Å².